The molecule has 0 spiro atoms. The first kappa shape index (κ1) is 14.8. The Hall–Kier alpha value is -0.620. The van der Waals surface area contributed by atoms with E-state index in [2.05, 4.69) is 4.72 Å². The highest BCUT2D eigenvalue weighted by molar-refractivity contribution is 7.89. The van der Waals surface area contributed by atoms with Crippen LogP contribution in [0.4, 0.5) is 0 Å². The van der Waals surface area contributed by atoms with Crippen molar-refractivity contribution >= 4 is 21.6 Å². The number of hydrogen-bond acceptors (Lipinski definition) is 3. The summed E-state index contributed by atoms with van der Waals surface area (Å²) in [7, 11) is -3.54. The van der Waals surface area contributed by atoms with Crippen molar-refractivity contribution in [2.24, 2.45) is 5.92 Å². The van der Waals surface area contributed by atoms with Gasteiger partial charge in [-0.05, 0) is 42.9 Å². The van der Waals surface area contributed by atoms with Gasteiger partial charge in [0.15, 0.2) is 0 Å². The molecule has 0 aliphatic heterocycles. The van der Waals surface area contributed by atoms with Gasteiger partial charge >= 0.3 is 0 Å². The standard InChI is InChI=1S/C13H18ClNO3S/c14-8-7-10-1-5-12(6-2-10)19(17,18)15-9-13(16)11-3-4-11/h1-2,5-6,11,13,15-16H,3-4,7-9H2. The predicted octanol–water partition coefficient (Wildman–Crippen LogP) is 1.52. The maximum Gasteiger partial charge on any atom is 0.240 e. The quantitative estimate of drug-likeness (QED) is 0.751. The zero-order valence-corrected chi connectivity index (χ0v) is 12.1. The Morgan fingerprint density at radius 2 is 1.95 bits per heavy atom. The largest absolute Gasteiger partial charge is 0.391 e. The van der Waals surface area contributed by atoms with E-state index in [0.29, 0.717) is 5.88 Å². The molecule has 1 aromatic rings. The third-order valence-corrected chi connectivity index (χ3v) is 4.89. The van der Waals surface area contributed by atoms with Crippen LogP contribution in [0.5, 0.6) is 0 Å². The average molecular weight is 304 g/mol. The van der Waals surface area contributed by atoms with Gasteiger partial charge in [0.25, 0.3) is 0 Å². The van der Waals surface area contributed by atoms with Crippen LogP contribution >= 0.6 is 11.6 Å². The number of aryl methyl sites for hydroxylation is 1. The van der Waals surface area contributed by atoms with Gasteiger partial charge in [0.2, 0.25) is 10.0 Å². The Bertz CT molecular complexity index is 511. The fraction of sp³-hybridized carbons (Fsp3) is 0.538. The minimum atomic E-state index is -3.54. The third kappa shape index (κ3) is 4.18. The highest BCUT2D eigenvalue weighted by Gasteiger charge is 2.30. The van der Waals surface area contributed by atoms with Crippen molar-refractivity contribution in [3.05, 3.63) is 29.8 Å². The Morgan fingerprint density at radius 3 is 2.47 bits per heavy atom. The van der Waals surface area contributed by atoms with E-state index in [0.717, 1.165) is 24.8 Å². The normalized spacial score (nSPS) is 17.4. The number of hydrogen-bond donors (Lipinski definition) is 2. The number of aliphatic hydroxyl groups excluding tert-OH is 1. The molecular weight excluding hydrogens is 286 g/mol. The maximum atomic E-state index is 12.0. The second kappa shape index (κ2) is 6.22. The van der Waals surface area contributed by atoms with Crippen molar-refractivity contribution in [3.8, 4) is 0 Å². The fourth-order valence-electron chi connectivity index (χ4n) is 1.87. The summed E-state index contributed by atoms with van der Waals surface area (Å²) in [6.45, 7) is 0.0798. The van der Waals surface area contributed by atoms with Gasteiger partial charge in [-0.15, -0.1) is 11.6 Å². The van der Waals surface area contributed by atoms with E-state index in [1.54, 1.807) is 24.3 Å². The van der Waals surface area contributed by atoms with Crippen LogP contribution in [0.1, 0.15) is 18.4 Å². The lowest BCUT2D eigenvalue weighted by Gasteiger charge is -2.11. The Morgan fingerprint density at radius 1 is 1.32 bits per heavy atom. The van der Waals surface area contributed by atoms with Crippen molar-refractivity contribution < 1.29 is 13.5 Å². The van der Waals surface area contributed by atoms with E-state index in [9.17, 15) is 13.5 Å². The highest BCUT2D eigenvalue weighted by Crippen LogP contribution is 2.32. The number of rotatable bonds is 7. The molecule has 0 saturated heterocycles. The summed E-state index contributed by atoms with van der Waals surface area (Å²) in [5, 5.41) is 9.67. The summed E-state index contributed by atoms with van der Waals surface area (Å²) in [5.41, 5.74) is 1.01. The van der Waals surface area contributed by atoms with Crippen molar-refractivity contribution in [1.82, 2.24) is 4.72 Å². The molecule has 0 radical (unpaired) electrons. The summed E-state index contributed by atoms with van der Waals surface area (Å²) in [4.78, 5) is 0.216. The molecule has 1 saturated carbocycles. The molecule has 1 atom stereocenters. The zero-order chi connectivity index (χ0) is 13.9. The monoisotopic (exact) mass is 303 g/mol. The Kier molecular flexibility index (Phi) is 4.84. The fourth-order valence-corrected chi connectivity index (χ4v) is 3.14. The molecule has 4 nitrogen and oxygen atoms in total. The molecule has 2 N–H and O–H groups in total. The van der Waals surface area contributed by atoms with Gasteiger partial charge in [-0.3, -0.25) is 0 Å². The third-order valence-electron chi connectivity index (χ3n) is 3.27. The summed E-state index contributed by atoms with van der Waals surface area (Å²) in [6.07, 6.45) is 2.10. The molecule has 2 rings (SSSR count). The smallest absolute Gasteiger partial charge is 0.240 e. The molecule has 0 heterocycles. The van der Waals surface area contributed by atoms with Crippen molar-refractivity contribution in [2.75, 3.05) is 12.4 Å². The molecule has 1 fully saturated rings. The van der Waals surface area contributed by atoms with Crippen LogP contribution in [0.3, 0.4) is 0 Å². The predicted molar refractivity (Wildman–Crippen MR) is 74.8 cm³/mol. The summed E-state index contributed by atoms with van der Waals surface area (Å²) < 4.78 is 26.4. The van der Waals surface area contributed by atoms with Crippen LogP contribution in [0.25, 0.3) is 0 Å². The molecule has 1 unspecified atom stereocenters. The topological polar surface area (TPSA) is 66.4 Å². The van der Waals surface area contributed by atoms with Gasteiger partial charge in [0.1, 0.15) is 0 Å². The van der Waals surface area contributed by atoms with Crippen LogP contribution < -0.4 is 4.72 Å². The zero-order valence-electron chi connectivity index (χ0n) is 10.5. The molecule has 0 aromatic heterocycles. The van der Waals surface area contributed by atoms with E-state index in [4.69, 9.17) is 11.6 Å². The first-order valence-corrected chi connectivity index (χ1v) is 8.37. The second-order valence-electron chi connectivity index (χ2n) is 4.84. The number of benzene rings is 1. The molecule has 0 bridgehead atoms. The molecule has 6 heteroatoms. The number of aliphatic hydroxyl groups is 1. The number of halogens is 1. The van der Waals surface area contributed by atoms with Crippen molar-refractivity contribution in [1.29, 1.82) is 0 Å². The van der Waals surface area contributed by atoms with Crippen LogP contribution in [0.15, 0.2) is 29.2 Å². The lowest BCUT2D eigenvalue weighted by atomic mass is 10.2. The van der Waals surface area contributed by atoms with Gasteiger partial charge in [0, 0.05) is 12.4 Å². The second-order valence-corrected chi connectivity index (χ2v) is 6.98. The van der Waals surface area contributed by atoms with E-state index in [1.807, 2.05) is 0 Å². The number of nitrogens with one attached hydrogen (secondary N) is 1. The number of alkyl halides is 1. The molecule has 0 amide bonds. The van der Waals surface area contributed by atoms with Gasteiger partial charge < -0.3 is 5.11 Å². The molecule has 1 aliphatic carbocycles. The minimum absolute atomic E-state index is 0.0798. The average Bonchev–Trinajstić information content (AvgIpc) is 3.21. The van der Waals surface area contributed by atoms with Gasteiger partial charge in [-0.1, -0.05) is 12.1 Å². The van der Waals surface area contributed by atoms with E-state index >= 15 is 0 Å². The Labute approximate surface area is 118 Å². The minimum Gasteiger partial charge on any atom is -0.391 e. The highest BCUT2D eigenvalue weighted by atomic mass is 35.5. The molecule has 19 heavy (non-hydrogen) atoms. The van der Waals surface area contributed by atoms with E-state index in [1.165, 1.54) is 0 Å². The SMILES string of the molecule is O=S(=O)(NCC(O)C1CC1)c1ccc(CCCl)cc1. The maximum absolute atomic E-state index is 12.0. The molecule has 106 valence electrons. The molecular formula is C13H18ClNO3S. The van der Waals surface area contributed by atoms with Crippen LogP contribution in [0, 0.1) is 5.92 Å². The van der Waals surface area contributed by atoms with Gasteiger partial charge in [-0.2, -0.15) is 0 Å². The van der Waals surface area contributed by atoms with Crippen LogP contribution in [-0.4, -0.2) is 32.1 Å². The summed E-state index contributed by atoms with van der Waals surface area (Å²) >= 11 is 5.63. The first-order valence-electron chi connectivity index (χ1n) is 6.35. The van der Waals surface area contributed by atoms with Crippen molar-refractivity contribution in [2.45, 2.75) is 30.3 Å². The molecule has 1 aliphatic rings. The van der Waals surface area contributed by atoms with Gasteiger partial charge in [-0.25, -0.2) is 13.1 Å². The lowest BCUT2D eigenvalue weighted by Crippen LogP contribution is -2.33. The summed E-state index contributed by atoms with van der Waals surface area (Å²) in [5.74, 6) is 0.770. The first-order chi connectivity index (χ1) is 9.03. The van der Waals surface area contributed by atoms with E-state index < -0.39 is 16.1 Å². The number of sulfonamides is 1. The lowest BCUT2D eigenvalue weighted by molar-refractivity contribution is 0.155. The summed E-state index contributed by atoms with van der Waals surface area (Å²) in [6, 6.07) is 6.64. The van der Waals surface area contributed by atoms with Crippen LogP contribution in [0.2, 0.25) is 0 Å². The van der Waals surface area contributed by atoms with Crippen molar-refractivity contribution in [3.63, 3.8) is 0 Å². The van der Waals surface area contributed by atoms with E-state index in [-0.39, 0.29) is 17.4 Å². The van der Waals surface area contributed by atoms with Gasteiger partial charge in [0.05, 0.1) is 11.0 Å². The molecule has 1 aromatic carbocycles. The van der Waals surface area contributed by atoms with Crippen LogP contribution in [-0.2, 0) is 16.4 Å². The Balaban J connectivity index is 1.97.